The van der Waals surface area contributed by atoms with Crippen LogP contribution in [0.5, 0.6) is 0 Å². The highest BCUT2D eigenvalue weighted by Crippen LogP contribution is 2.35. The van der Waals surface area contributed by atoms with Crippen molar-refractivity contribution in [3.63, 3.8) is 0 Å². The van der Waals surface area contributed by atoms with Crippen LogP contribution in [0.25, 0.3) is 45.0 Å². The molecule has 0 radical (unpaired) electrons. The molecule has 64 heavy (non-hydrogen) atoms. The van der Waals surface area contributed by atoms with E-state index in [9.17, 15) is 4.79 Å². The molecule has 4 heterocycles. The smallest absolute Gasteiger partial charge is 0.204 e. The van der Waals surface area contributed by atoms with Crippen LogP contribution in [0.1, 0.15) is 91.6 Å². The third-order valence-electron chi connectivity index (χ3n) is 10.9. The number of nitrogens with zero attached hydrogens (tertiary/aromatic N) is 12. The van der Waals surface area contributed by atoms with Gasteiger partial charge in [-0.25, -0.2) is 29.3 Å². The van der Waals surface area contributed by atoms with Gasteiger partial charge in [-0.2, -0.15) is 0 Å². The van der Waals surface area contributed by atoms with E-state index in [1.807, 2.05) is 73.5 Å². The summed E-state index contributed by atoms with van der Waals surface area (Å²) in [5.74, 6) is 3.13. The van der Waals surface area contributed by atoms with E-state index < -0.39 is 0 Å². The standard InChI is InChI=1S/C49H52N14O/c1-29-41(44(54-31(3)52-29)50-27-33-19-23-35(24-20-33)37-15-11-13-17-39(37)46-56-58-60-62(46)48(5,6)7)43(64)42-30(2)53-32(4)55-45(42)51-28-34-21-25-36(26-22-34)38-16-12-14-18-40(38)47-57-59-61-63(47)49(8,9)10/h11-26H,27-28H2,1-10H3,(H,50,52,54)(H,51,53,55). The second kappa shape index (κ2) is 17.3. The second-order valence-corrected chi connectivity index (χ2v) is 17.9. The quantitative estimate of drug-likeness (QED) is 0.111. The summed E-state index contributed by atoms with van der Waals surface area (Å²) in [7, 11) is 0. The number of hydrogen-bond donors (Lipinski definition) is 2. The number of hydrogen-bond acceptors (Lipinski definition) is 13. The predicted molar refractivity (Wildman–Crippen MR) is 248 cm³/mol. The Morgan fingerprint density at radius 3 is 1.22 bits per heavy atom. The summed E-state index contributed by atoms with van der Waals surface area (Å²) in [6.45, 7) is 20.6. The number of rotatable bonds is 12. The summed E-state index contributed by atoms with van der Waals surface area (Å²) in [4.78, 5) is 33.4. The van der Waals surface area contributed by atoms with Gasteiger partial charge in [-0.3, -0.25) is 4.79 Å². The first-order chi connectivity index (χ1) is 30.6. The molecule has 0 saturated heterocycles. The molecule has 0 aliphatic heterocycles. The summed E-state index contributed by atoms with van der Waals surface area (Å²) < 4.78 is 3.70. The summed E-state index contributed by atoms with van der Waals surface area (Å²) in [6.07, 6.45) is 0. The van der Waals surface area contributed by atoms with Gasteiger partial charge in [0.1, 0.15) is 23.3 Å². The van der Waals surface area contributed by atoms with Gasteiger partial charge in [0.25, 0.3) is 0 Å². The molecule has 0 atom stereocenters. The van der Waals surface area contributed by atoms with Crippen LogP contribution in [0, 0.1) is 27.7 Å². The molecule has 324 valence electrons. The predicted octanol–water partition coefficient (Wildman–Crippen LogP) is 9.11. The molecular weight excluding hydrogens is 801 g/mol. The molecule has 0 aliphatic carbocycles. The zero-order valence-electron chi connectivity index (χ0n) is 37.9. The van der Waals surface area contributed by atoms with E-state index in [2.05, 4.69) is 154 Å². The van der Waals surface area contributed by atoms with Crippen molar-refractivity contribution in [3.05, 3.63) is 142 Å². The Labute approximate surface area is 372 Å². The lowest BCUT2D eigenvalue weighted by molar-refractivity contribution is 0.103. The largest absolute Gasteiger partial charge is 0.365 e. The molecule has 0 unspecified atom stereocenters. The minimum Gasteiger partial charge on any atom is -0.365 e. The zero-order valence-corrected chi connectivity index (χ0v) is 37.9. The van der Waals surface area contributed by atoms with E-state index in [0.717, 1.165) is 44.5 Å². The molecular formula is C49H52N14O. The molecule has 0 spiro atoms. The number of aromatic nitrogens is 12. The summed E-state index contributed by atoms with van der Waals surface area (Å²) in [5.41, 5.74) is 9.26. The number of aryl methyl sites for hydroxylation is 4. The molecule has 0 bridgehead atoms. The Balaban J connectivity index is 1.02. The SMILES string of the molecule is Cc1nc(C)c(C(=O)c2c(C)nc(C)nc2NCc2ccc(-c3ccccc3-c3nnnn3C(C)(C)C)cc2)c(NCc2ccc(-c3ccccc3-c3nnnn3C(C)(C)C)cc2)n1. The minimum absolute atomic E-state index is 0.269. The molecule has 2 N–H and O–H groups in total. The van der Waals surface area contributed by atoms with E-state index in [4.69, 9.17) is 9.97 Å². The number of anilines is 2. The number of carbonyl (C=O) groups is 1. The lowest BCUT2D eigenvalue weighted by Crippen LogP contribution is -2.24. The van der Waals surface area contributed by atoms with Crippen molar-refractivity contribution in [2.45, 2.75) is 93.4 Å². The lowest BCUT2D eigenvalue weighted by atomic mass is 9.97. The van der Waals surface area contributed by atoms with Crippen molar-refractivity contribution >= 4 is 17.4 Å². The van der Waals surface area contributed by atoms with Crippen molar-refractivity contribution in [1.29, 1.82) is 0 Å². The van der Waals surface area contributed by atoms with Gasteiger partial charge in [0.05, 0.1) is 33.6 Å². The number of benzene rings is 4. The summed E-state index contributed by atoms with van der Waals surface area (Å²) in [5, 5.41) is 32.2. The third-order valence-corrected chi connectivity index (χ3v) is 10.9. The first kappa shape index (κ1) is 43.1. The van der Waals surface area contributed by atoms with Gasteiger partial charge in [-0.15, -0.1) is 10.2 Å². The van der Waals surface area contributed by atoms with Gasteiger partial charge >= 0.3 is 0 Å². The first-order valence-corrected chi connectivity index (χ1v) is 21.2. The monoisotopic (exact) mass is 852 g/mol. The number of ketones is 1. The van der Waals surface area contributed by atoms with Crippen molar-refractivity contribution in [1.82, 2.24) is 60.4 Å². The fourth-order valence-corrected chi connectivity index (χ4v) is 7.80. The van der Waals surface area contributed by atoms with Crippen molar-refractivity contribution in [2.24, 2.45) is 0 Å². The van der Waals surface area contributed by atoms with Gasteiger partial charge in [0.15, 0.2) is 11.6 Å². The highest BCUT2D eigenvalue weighted by atomic mass is 16.1. The highest BCUT2D eigenvalue weighted by Gasteiger charge is 2.27. The number of tetrazole rings is 2. The van der Waals surface area contributed by atoms with Gasteiger partial charge in [0.2, 0.25) is 5.78 Å². The molecule has 15 heteroatoms. The van der Waals surface area contributed by atoms with Crippen LogP contribution in [0.4, 0.5) is 11.6 Å². The van der Waals surface area contributed by atoms with Gasteiger partial charge < -0.3 is 10.6 Å². The van der Waals surface area contributed by atoms with E-state index in [1.54, 1.807) is 0 Å². The van der Waals surface area contributed by atoms with E-state index in [0.29, 0.717) is 70.5 Å². The maximum Gasteiger partial charge on any atom is 0.204 e. The first-order valence-electron chi connectivity index (χ1n) is 21.2. The van der Waals surface area contributed by atoms with Crippen LogP contribution >= 0.6 is 0 Å². The molecule has 0 aliphatic rings. The van der Waals surface area contributed by atoms with Crippen LogP contribution in [0.3, 0.4) is 0 Å². The average Bonchev–Trinajstić information content (AvgIpc) is 3.97. The molecule has 8 aromatic rings. The van der Waals surface area contributed by atoms with Crippen molar-refractivity contribution in [3.8, 4) is 45.0 Å². The molecule has 4 aromatic carbocycles. The van der Waals surface area contributed by atoms with Crippen LogP contribution in [0.15, 0.2) is 97.1 Å². The molecule has 8 rings (SSSR count). The van der Waals surface area contributed by atoms with Gasteiger partial charge in [-0.1, -0.05) is 97.1 Å². The van der Waals surface area contributed by atoms with E-state index >= 15 is 0 Å². The molecule has 4 aromatic heterocycles. The number of carbonyl (C=O) groups excluding carboxylic acids is 1. The fourth-order valence-electron chi connectivity index (χ4n) is 7.80. The molecule has 0 saturated carbocycles. The molecule has 15 nitrogen and oxygen atoms in total. The molecule has 0 amide bonds. The topological polar surface area (TPSA) is 180 Å². The summed E-state index contributed by atoms with van der Waals surface area (Å²) >= 11 is 0. The summed E-state index contributed by atoms with van der Waals surface area (Å²) in [6, 6.07) is 32.9. The zero-order chi connectivity index (χ0) is 45.3. The van der Waals surface area contributed by atoms with Gasteiger partial charge in [0, 0.05) is 24.2 Å². The van der Waals surface area contributed by atoms with Crippen molar-refractivity contribution < 1.29 is 4.79 Å². The normalized spacial score (nSPS) is 11.8. The Morgan fingerprint density at radius 2 is 0.859 bits per heavy atom. The lowest BCUT2D eigenvalue weighted by Gasteiger charge is -2.21. The van der Waals surface area contributed by atoms with Crippen LogP contribution in [-0.4, -0.2) is 66.1 Å². The van der Waals surface area contributed by atoms with E-state index in [-0.39, 0.29) is 16.9 Å². The average molecular weight is 853 g/mol. The van der Waals surface area contributed by atoms with Crippen LogP contribution in [0.2, 0.25) is 0 Å². The highest BCUT2D eigenvalue weighted by molar-refractivity contribution is 6.15. The van der Waals surface area contributed by atoms with Crippen molar-refractivity contribution in [2.75, 3.05) is 10.6 Å². The Kier molecular flexibility index (Phi) is 11.7. The molecule has 0 fully saturated rings. The maximum atomic E-state index is 14.7. The Bertz CT molecular complexity index is 2770. The van der Waals surface area contributed by atoms with Crippen LogP contribution in [-0.2, 0) is 24.2 Å². The second-order valence-electron chi connectivity index (χ2n) is 17.9. The Morgan fingerprint density at radius 1 is 0.500 bits per heavy atom. The van der Waals surface area contributed by atoms with Crippen LogP contribution < -0.4 is 10.6 Å². The van der Waals surface area contributed by atoms with Gasteiger partial charge in [-0.05, 0) is 123 Å². The Hall–Kier alpha value is -7.55. The van der Waals surface area contributed by atoms with E-state index in [1.165, 1.54) is 0 Å². The minimum atomic E-state index is -0.291. The third kappa shape index (κ3) is 8.87. The number of nitrogens with one attached hydrogen (secondary N) is 2. The maximum absolute atomic E-state index is 14.7. The fraction of sp³-hybridized carbons (Fsp3) is 0.286.